The molecule has 1 aliphatic heterocycles. The molecule has 6 nitrogen and oxygen atoms in total. The standard InChI is InChI=1S/C8H12N4O2/c1-6-10-7(11-14-6)8(13)12-4-2-9-3-5-12/h9H,2-5H2,1H3. The summed E-state index contributed by atoms with van der Waals surface area (Å²) in [6, 6.07) is 0. The second-order valence-electron chi connectivity index (χ2n) is 3.18. The molecule has 2 rings (SSSR count). The van der Waals surface area contributed by atoms with E-state index >= 15 is 0 Å². The Labute approximate surface area is 81.3 Å². The first-order valence-electron chi connectivity index (χ1n) is 4.57. The number of amides is 1. The molecule has 0 atom stereocenters. The monoisotopic (exact) mass is 196 g/mol. The van der Waals surface area contributed by atoms with Crippen LogP contribution in [0.15, 0.2) is 4.52 Å². The quantitative estimate of drug-likeness (QED) is 0.651. The van der Waals surface area contributed by atoms with Crippen LogP contribution >= 0.6 is 0 Å². The van der Waals surface area contributed by atoms with Crippen LogP contribution in [0.2, 0.25) is 0 Å². The van der Waals surface area contributed by atoms with Crippen molar-refractivity contribution < 1.29 is 9.32 Å². The van der Waals surface area contributed by atoms with Crippen molar-refractivity contribution in [2.24, 2.45) is 0 Å². The van der Waals surface area contributed by atoms with Gasteiger partial charge in [-0.1, -0.05) is 5.16 Å². The van der Waals surface area contributed by atoms with Gasteiger partial charge in [0, 0.05) is 33.1 Å². The molecule has 2 heterocycles. The van der Waals surface area contributed by atoms with Gasteiger partial charge in [0.05, 0.1) is 0 Å². The van der Waals surface area contributed by atoms with Crippen molar-refractivity contribution in [2.45, 2.75) is 6.92 Å². The summed E-state index contributed by atoms with van der Waals surface area (Å²) in [5, 5.41) is 6.76. The number of nitrogens with one attached hydrogen (secondary N) is 1. The van der Waals surface area contributed by atoms with Crippen LogP contribution in [-0.4, -0.2) is 47.1 Å². The average Bonchev–Trinajstić information content (AvgIpc) is 2.65. The summed E-state index contributed by atoms with van der Waals surface area (Å²) >= 11 is 0. The Morgan fingerprint density at radius 1 is 1.50 bits per heavy atom. The maximum absolute atomic E-state index is 11.7. The molecule has 1 aliphatic rings. The number of hydrogen-bond acceptors (Lipinski definition) is 5. The third-order valence-corrected chi connectivity index (χ3v) is 2.12. The molecule has 1 N–H and O–H groups in total. The van der Waals surface area contributed by atoms with Crippen LogP contribution in [0, 0.1) is 6.92 Å². The van der Waals surface area contributed by atoms with E-state index in [-0.39, 0.29) is 11.7 Å². The predicted molar refractivity (Wildman–Crippen MR) is 47.8 cm³/mol. The number of rotatable bonds is 1. The van der Waals surface area contributed by atoms with Crippen molar-refractivity contribution in [1.29, 1.82) is 0 Å². The summed E-state index contributed by atoms with van der Waals surface area (Å²) in [7, 11) is 0. The minimum absolute atomic E-state index is 0.150. The van der Waals surface area contributed by atoms with Gasteiger partial charge in [-0.15, -0.1) is 0 Å². The molecule has 1 fully saturated rings. The molecule has 0 spiro atoms. The van der Waals surface area contributed by atoms with Crippen molar-refractivity contribution in [2.75, 3.05) is 26.2 Å². The van der Waals surface area contributed by atoms with Crippen molar-refractivity contribution >= 4 is 5.91 Å². The van der Waals surface area contributed by atoms with E-state index in [0.717, 1.165) is 13.1 Å². The van der Waals surface area contributed by atoms with E-state index in [9.17, 15) is 4.79 Å². The van der Waals surface area contributed by atoms with Gasteiger partial charge in [0.15, 0.2) is 0 Å². The lowest BCUT2D eigenvalue weighted by molar-refractivity contribution is 0.0720. The summed E-state index contributed by atoms with van der Waals surface area (Å²) < 4.78 is 4.75. The van der Waals surface area contributed by atoms with Crippen LogP contribution in [0.25, 0.3) is 0 Å². The van der Waals surface area contributed by atoms with Crippen LogP contribution in [0.3, 0.4) is 0 Å². The van der Waals surface area contributed by atoms with Crippen LogP contribution in [-0.2, 0) is 0 Å². The fourth-order valence-corrected chi connectivity index (χ4v) is 1.40. The molecule has 1 aromatic heterocycles. The number of hydrogen-bond donors (Lipinski definition) is 1. The third-order valence-electron chi connectivity index (χ3n) is 2.12. The molecule has 76 valence electrons. The van der Waals surface area contributed by atoms with Crippen molar-refractivity contribution in [3.8, 4) is 0 Å². The molecule has 0 saturated carbocycles. The molecule has 14 heavy (non-hydrogen) atoms. The molecular formula is C8H12N4O2. The van der Waals surface area contributed by atoms with Gasteiger partial charge >= 0.3 is 0 Å². The van der Waals surface area contributed by atoms with Crippen LogP contribution in [0.4, 0.5) is 0 Å². The zero-order valence-electron chi connectivity index (χ0n) is 7.99. The Morgan fingerprint density at radius 2 is 2.21 bits per heavy atom. The van der Waals surface area contributed by atoms with Crippen molar-refractivity contribution in [3.63, 3.8) is 0 Å². The Morgan fingerprint density at radius 3 is 2.79 bits per heavy atom. The van der Waals surface area contributed by atoms with E-state index in [1.54, 1.807) is 11.8 Å². The van der Waals surface area contributed by atoms with Gasteiger partial charge in [0.1, 0.15) is 0 Å². The number of aromatic nitrogens is 2. The molecule has 0 aliphatic carbocycles. The number of aryl methyl sites for hydroxylation is 1. The topological polar surface area (TPSA) is 71.3 Å². The van der Waals surface area contributed by atoms with Crippen molar-refractivity contribution in [3.05, 3.63) is 11.7 Å². The van der Waals surface area contributed by atoms with Crippen LogP contribution in [0.1, 0.15) is 16.5 Å². The number of carbonyl (C=O) groups is 1. The summed E-state index contributed by atoms with van der Waals surface area (Å²) in [4.78, 5) is 17.3. The fourth-order valence-electron chi connectivity index (χ4n) is 1.40. The van der Waals surface area contributed by atoms with Gasteiger partial charge < -0.3 is 14.7 Å². The Bertz CT molecular complexity index is 330. The van der Waals surface area contributed by atoms with Gasteiger partial charge in [-0.3, -0.25) is 4.79 Å². The maximum atomic E-state index is 11.7. The minimum Gasteiger partial charge on any atom is -0.339 e. The number of nitrogens with zero attached hydrogens (tertiary/aromatic N) is 3. The highest BCUT2D eigenvalue weighted by Gasteiger charge is 2.21. The first-order valence-corrected chi connectivity index (χ1v) is 4.57. The average molecular weight is 196 g/mol. The van der Waals surface area contributed by atoms with Gasteiger partial charge in [0.2, 0.25) is 5.89 Å². The highest BCUT2D eigenvalue weighted by molar-refractivity contribution is 5.90. The fraction of sp³-hybridized carbons (Fsp3) is 0.625. The van der Waals surface area contributed by atoms with Gasteiger partial charge in [-0.25, -0.2) is 0 Å². The van der Waals surface area contributed by atoms with Gasteiger partial charge in [-0.05, 0) is 0 Å². The maximum Gasteiger partial charge on any atom is 0.295 e. The van der Waals surface area contributed by atoms with E-state index in [2.05, 4.69) is 15.5 Å². The highest BCUT2D eigenvalue weighted by atomic mass is 16.5. The summed E-state index contributed by atoms with van der Waals surface area (Å²) in [6.45, 7) is 4.71. The molecule has 0 radical (unpaired) electrons. The molecule has 0 unspecified atom stereocenters. The largest absolute Gasteiger partial charge is 0.339 e. The minimum atomic E-state index is -0.150. The molecule has 1 amide bonds. The van der Waals surface area contributed by atoms with Crippen LogP contribution in [0.5, 0.6) is 0 Å². The zero-order chi connectivity index (χ0) is 9.97. The SMILES string of the molecule is Cc1nc(C(=O)N2CCNCC2)no1. The van der Waals surface area contributed by atoms with Gasteiger partial charge in [-0.2, -0.15) is 4.98 Å². The molecule has 1 aromatic rings. The second kappa shape index (κ2) is 3.75. The molecule has 0 aromatic carbocycles. The third kappa shape index (κ3) is 1.74. The predicted octanol–water partition coefficient (Wildman–Crippen LogP) is -0.577. The van der Waals surface area contributed by atoms with E-state index in [1.807, 2.05) is 0 Å². The first-order chi connectivity index (χ1) is 6.77. The lowest BCUT2D eigenvalue weighted by atomic mass is 10.3. The molecule has 6 heteroatoms. The Kier molecular flexibility index (Phi) is 2.45. The van der Waals surface area contributed by atoms with Crippen LogP contribution < -0.4 is 5.32 Å². The van der Waals surface area contributed by atoms with E-state index in [4.69, 9.17) is 4.52 Å². The Hall–Kier alpha value is -1.43. The second-order valence-corrected chi connectivity index (χ2v) is 3.18. The smallest absolute Gasteiger partial charge is 0.295 e. The molecule has 1 saturated heterocycles. The number of carbonyl (C=O) groups excluding carboxylic acids is 1. The number of piperazine rings is 1. The lowest BCUT2D eigenvalue weighted by Crippen LogP contribution is -2.46. The van der Waals surface area contributed by atoms with E-state index in [0.29, 0.717) is 19.0 Å². The molecular weight excluding hydrogens is 184 g/mol. The zero-order valence-corrected chi connectivity index (χ0v) is 7.99. The normalized spacial score (nSPS) is 17.1. The molecule has 0 bridgehead atoms. The van der Waals surface area contributed by atoms with E-state index in [1.165, 1.54) is 0 Å². The summed E-state index contributed by atoms with van der Waals surface area (Å²) in [6.07, 6.45) is 0. The lowest BCUT2D eigenvalue weighted by Gasteiger charge is -2.25. The van der Waals surface area contributed by atoms with E-state index < -0.39 is 0 Å². The van der Waals surface area contributed by atoms with Gasteiger partial charge in [0.25, 0.3) is 11.7 Å². The first kappa shape index (κ1) is 9.14. The van der Waals surface area contributed by atoms with Crippen molar-refractivity contribution in [1.82, 2.24) is 20.4 Å². The Balaban J connectivity index is 2.07. The summed E-state index contributed by atoms with van der Waals surface area (Å²) in [5.74, 6) is 0.427. The summed E-state index contributed by atoms with van der Waals surface area (Å²) in [5.41, 5.74) is 0. The highest BCUT2D eigenvalue weighted by Crippen LogP contribution is 2.02.